The lowest BCUT2D eigenvalue weighted by molar-refractivity contribution is -0.147. The van der Waals surface area contributed by atoms with Gasteiger partial charge in [0.05, 0.1) is 6.04 Å². The summed E-state index contributed by atoms with van der Waals surface area (Å²) in [4.78, 5) is 35.5. The maximum Gasteiger partial charge on any atom is 0.325 e. The number of esters is 1. The van der Waals surface area contributed by atoms with Gasteiger partial charge < -0.3 is 19.8 Å². The van der Waals surface area contributed by atoms with Gasteiger partial charge in [0.25, 0.3) is 11.8 Å². The molecule has 0 bridgehead atoms. The number of fused-ring (bicyclic) bond motifs is 1. The van der Waals surface area contributed by atoms with E-state index in [1.165, 1.54) is 18.2 Å². The van der Waals surface area contributed by atoms with E-state index in [0.717, 1.165) is 11.5 Å². The molecule has 0 saturated heterocycles. The Kier molecular flexibility index (Phi) is 6.23. The highest BCUT2D eigenvalue weighted by Crippen LogP contribution is 2.23. The molecule has 2 amide bonds. The van der Waals surface area contributed by atoms with Crippen molar-refractivity contribution in [3.63, 3.8) is 0 Å². The molecule has 150 valence electrons. The SMILES string of the molecule is C[C@H](NC(=O)COC(=O)CNC(=O)c1cccc(F)c1)c1cc2ccccc2o1. The summed E-state index contributed by atoms with van der Waals surface area (Å²) in [7, 11) is 0. The molecule has 3 rings (SSSR count). The Labute approximate surface area is 165 Å². The van der Waals surface area contributed by atoms with Crippen molar-refractivity contribution in [2.24, 2.45) is 0 Å². The van der Waals surface area contributed by atoms with E-state index >= 15 is 0 Å². The Hall–Kier alpha value is -3.68. The predicted octanol–water partition coefficient (Wildman–Crippen LogP) is 2.72. The lowest BCUT2D eigenvalue weighted by atomic mass is 10.2. The summed E-state index contributed by atoms with van der Waals surface area (Å²) in [6.45, 7) is 0.803. The van der Waals surface area contributed by atoms with Gasteiger partial charge in [-0.15, -0.1) is 0 Å². The number of carbonyl (C=O) groups is 3. The van der Waals surface area contributed by atoms with Gasteiger partial charge in [-0.3, -0.25) is 14.4 Å². The van der Waals surface area contributed by atoms with Gasteiger partial charge in [0, 0.05) is 10.9 Å². The van der Waals surface area contributed by atoms with Crippen LogP contribution >= 0.6 is 0 Å². The second-order valence-electron chi connectivity index (χ2n) is 6.33. The number of carbonyl (C=O) groups excluding carboxylic acids is 3. The monoisotopic (exact) mass is 398 g/mol. The van der Waals surface area contributed by atoms with Gasteiger partial charge in [0.1, 0.15) is 23.7 Å². The third kappa shape index (κ3) is 5.41. The van der Waals surface area contributed by atoms with Gasteiger partial charge >= 0.3 is 5.97 Å². The van der Waals surface area contributed by atoms with Crippen molar-refractivity contribution in [1.29, 1.82) is 0 Å². The zero-order valence-corrected chi connectivity index (χ0v) is 15.6. The minimum atomic E-state index is -0.790. The standard InChI is InChI=1S/C21H19FN2O5/c1-13(18-10-14-5-2-3-8-17(14)29-18)24-19(25)12-28-20(26)11-23-21(27)15-6-4-7-16(22)9-15/h2-10,13H,11-12H2,1H3,(H,23,27)(H,24,25)/t13-/m0/s1. The third-order valence-electron chi connectivity index (χ3n) is 4.09. The van der Waals surface area contributed by atoms with Crippen LogP contribution in [0.25, 0.3) is 11.0 Å². The number of rotatable bonds is 7. The van der Waals surface area contributed by atoms with E-state index in [1.54, 1.807) is 6.92 Å². The van der Waals surface area contributed by atoms with Crippen LogP contribution in [0.15, 0.2) is 59.0 Å². The first-order valence-electron chi connectivity index (χ1n) is 8.89. The van der Waals surface area contributed by atoms with E-state index < -0.39 is 42.8 Å². The van der Waals surface area contributed by atoms with Crippen molar-refractivity contribution < 1.29 is 27.9 Å². The van der Waals surface area contributed by atoms with E-state index in [1.807, 2.05) is 30.3 Å². The molecule has 8 heteroatoms. The normalized spacial score (nSPS) is 11.7. The predicted molar refractivity (Wildman–Crippen MR) is 102 cm³/mol. The van der Waals surface area contributed by atoms with Crippen LogP contribution in [0.2, 0.25) is 0 Å². The largest absolute Gasteiger partial charge is 0.459 e. The van der Waals surface area contributed by atoms with Gasteiger partial charge in [-0.2, -0.15) is 0 Å². The topological polar surface area (TPSA) is 97.6 Å². The Bertz CT molecular complexity index is 1010. The number of hydrogen-bond donors (Lipinski definition) is 2. The van der Waals surface area contributed by atoms with E-state index in [4.69, 9.17) is 9.15 Å². The molecule has 1 atom stereocenters. The van der Waals surface area contributed by atoms with Crippen molar-refractivity contribution in [1.82, 2.24) is 10.6 Å². The van der Waals surface area contributed by atoms with E-state index in [0.29, 0.717) is 11.3 Å². The average molecular weight is 398 g/mol. The molecule has 2 aromatic carbocycles. The summed E-state index contributed by atoms with van der Waals surface area (Å²) >= 11 is 0. The first kappa shape index (κ1) is 20.1. The van der Waals surface area contributed by atoms with Gasteiger partial charge in [0.15, 0.2) is 6.61 Å². The Balaban J connectivity index is 1.42. The molecule has 3 aromatic rings. The van der Waals surface area contributed by atoms with Crippen LogP contribution in [0.1, 0.15) is 29.1 Å². The number of hydrogen-bond acceptors (Lipinski definition) is 5. The zero-order valence-electron chi connectivity index (χ0n) is 15.6. The second-order valence-corrected chi connectivity index (χ2v) is 6.33. The number of benzene rings is 2. The highest BCUT2D eigenvalue weighted by molar-refractivity contribution is 5.96. The van der Waals surface area contributed by atoms with Crippen LogP contribution < -0.4 is 10.6 Å². The van der Waals surface area contributed by atoms with Crippen LogP contribution in [0, 0.1) is 5.82 Å². The molecular formula is C21H19FN2O5. The molecule has 0 unspecified atom stereocenters. The molecule has 0 saturated carbocycles. The van der Waals surface area contributed by atoms with Crippen LogP contribution in [0.4, 0.5) is 4.39 Å². The highest BCUT2D eigenvalue weighted by atomic mass is 19.1. The molecule has 0 fully saturated rings. The lowest BCUT2D eigenvalue weighted by Crippen LogP contribution is -2.34. The van der Waals surface area contributed by atoms with Gasteiger partial charge in [0.2, 0.25) is 0 Å². The van der Waals surface area contributed by atoms with Gasteiger partial charge in [-0.05, 0) is 37.3 Å². The second kappa shape index (κ2) is 9.01. The maximum absolute atomic E-state index is 13.1. The third-order valence-corrected chi connectivity index (χ3v) is 4.09. The summed E-state index contributed by atoms with van der Waals surface area (Å²) in [5, 5.41) is 5.90. The summed E-state index contributed by atoms with van der Waals surface area (Å²) < 4.78 is 23.6. The minimum absolute atomic E-state index is 0.0789. The Morgan fingerprint density at radius 2 is 1.90 bits per heavy atom. The van der Waals surface area contributed by atoms with Crippen molar-refractivity contribution in [2.75, 3.05) is 13.2 Å². The molecule has 0 aliphatic rings. The summed E-state index contributed by atoms with van der Waals surface area (Å²) in [6.07, 6.45) is 0. The summed E-state index contributed by atoms with van der Waals surface area (Å²) in [5.41, 5.74) is 0.791. The number of furan rings is 1. The molecule has 1 aromatic heterocycles. The molecule has 7 nitrogen and oxygen atoms in total. The molecular weight excluding hydrogens is 379 g/mol. The Morgan fingerprint density at radius 3 is 2.66 bits per heavy atom. The number of ether oxygens (including phenoxy) is 1. The highest BCUT2D eigenvalue weighted by Gasteiger charge is 2.16. The average Bonchev–Trinajstić information content (AvgIpc) is 3.15. The number of para-hydroxylation sites is 1. The Morgan fingerprint density at radius 1 is 1.10 bits per heavy atom. The van der Waals surface area contributed by atoms with Gasteiger partial charge in [-0.1, -0.05) is 24.3 Å². The van der Waals surface area contributed by atoms with Crippen LogP contribution in [0.5, 0.6) is 0 Å². The van der Waals surface area contributed by atoms with E-state index in [2.05, 4.69) is 10.6 Å². The lowest BCUT2D eigenvalue weighted by Gasteiger charge is -2.12. The van der Waals surface area contributed by atoms with Crippen LogP contribution in [-0.2, 0) is 14.3 Å². The minimum Gasteiger partial charge on any atom is -0.459 e. The molecule has 29 heavy (non-hydrogen) atoms. The molecule has 2 N–H and O–H groups in total. The van der Waals surface area contributed by atoms with Gasteiger partial charge in [-0.25, -0.2) is 4.39 Å². The fourth-order valence-electron chi connectivity index (χ4n) is 2.65. The van der Waals surface area contributed by atoms with Crippen molar-refractivity contribution in [3.8, 4) is 0 Å². The molecule has 0 aliphatic carbocycles. The van der Waals surface area contributed by atoms with Crippen molar-refractivity contribution >= 4 is 28.8 Å². The smallest absolute Gasteiger partial charge is 0.325 e. The van der Waals surface area contributed by atoms with Crippen LogP contribution in [-0.4, -0.2) is 30.9 Å². The quantitative estimate of drug-likeness (QED) is 0.597. The maximum atomic E-state index is 13.1. The molecule has 0 spiro atoms. The van der Waals surface area contributed by atoms with Crippen molar-refractivity contribution in [2.45, 2.75) is 13.0 Å². The first-order valence-corrected chi connectivity index (χ1v) is 8.89. The van der Waals surface area contributed by atoms with E-state index in [9.17, 15) is 18.8 Å². The fourth-order valence-corrected chi connectivity index (χ4v) is 2.65. The number of nitrogens with one attached hydrogen (secondary N) is 2. The fraction of sp³-hybridized carbons (Fsp3) is 0.190. The van der Waals surface area contributed by atoms with Crippen LogP contribution in [0.3, 0.4) is 0 Å². The summed E-state index contributed by atoms with van der Waals surface area (Å²) in [6, 6.07) is 13.9. The number of amides is 2. The molecule has 0 radical (unpaired) electrons. The van der Waals surface area contributed by atoms with Crippen molar-refractivity contribution in [3.05, 3.63) is 71.7 Å². The zero-order chi connectivity index (χ0) is 20.8. The number of halogens is 1. The van der Waals surface area contributed by atoms with E-state index in [-0.39, 0.29) is 5.56 Å². The summed E-state index contributed by atoms with van der Waals surface area (Å²) in [5.74, 6) is -1.91. The molecule has 0 aliphatic heterocycles. The molecule has 1 heterocycles. The first-order chi connectivity index (χ1) is 13.9.